The third-order valence-corrected chi connectivity index (χ3v) is 7.45. The van der Waals surface area contributed by atoms with Crippen molar-refractivity contribution < 1.29 is 14.3 Å². The van der Waals surface area contributed by atoms with Crippen LogP contribution < -0.4 is 10.1 Å². The molecule has 2 aromatic rings. The summed E-state index contributed by atoms with van der Waals surface area (Å²) in [7, 11) is 0. The fraction of sp³-hybridized carbons (Fsp3) is 0.448. The summed E-state index contributed by atoms with van der Waals surface area (Å²) in [6.45, 7) is 8.74. The number of benzene rings is 2. The Balaban J connectivity index is 1.50. The average molecular weight is 510 g/mol. The number of halogens is 1. The minimum atomic E-state index is -0.147. The number of ether oxygens (including phenoxy) is 1. The average Bonchev–Trinajstić information content (AvgIpc) is 2.88. The second kappa shape index (κ2) is 11.9. The molecule has 0 aromatic heterocycles. The van der Waals surface area contributed by atoms with Crippen molar-refractivity contribution in [3.63, 3.8) is 0 Å². The summed E-state index contributed by atoms with van der Waals surface area (Å²) in [5, 5.41) is 4.24. The number of likely N-dealkylation sites (N-methyl/N-ethyl adjacent to an activating group) is 1. The first-order valence-electron chi connectivity index (χ1n) is 12.9. The van der Waals surface area contributed by atoms with Gasteiger partial charge in [-0.25, -0.2) is 0 Å². The number of rotatable bonds is 9. The molecule has 0 aliphatic carbocycles. The minimum absolute atomic E-state index is 0.0625. The van der Waals surface area contributed by atoms with Crippen molar-refractivity contribution in [1.29, 1.82) is 0 Å². The molecule has 192 valence electrons. The molecule has 2 bridgehead atoms. The largest absolute Gasteiger partial charge is 0.492 e. The van der Waals surface area contributed by atoms with Crippen molar-refractivity contribution in [2.75, 3.05) is 32.8 Å². The highest BCUT2D eigenvalue weighted by Gasteiger charge is 2.39. The number of amides is 2. The summed E-state index contributed by atoms with van der Waals surface area (Å²) in [6.07, 6.45) is 2.51. The van der Waals surface area contributed by atoms with E-state index in [1.54, 1.807) is 6.92 Å². The summed E-state index contributed by atoms with van der Waals surface area (Å²) in [4.78, 5) is 29.5. The van der Waals surface area contributed by atoms with E-state index in [2.05, 4.69) is 29.6 Å². The fourth-order valence-electron chi connectivity index (χ4n) is 5.20. The molecule has 1 saturated heterocycles. The Kier molecular flexibility index (Phi) is 8.70. The molecule has 36 heavy (non-hydrogen) atoms. The van der Waals surface area contributed by atoms with Crippen LogP contribution in [0.4, 0.5) is 0 Å². The van der Waals surface area contributed by atoms with E-state index in [4.69, 9.17) is 16.3 Å². The molecule has 2 amide bonds. The van der Waals surface area contributed by atoms with Gasteiger partial charge in [-0.15, -0.1) is 0 Å². The van der Waals surface area contributed by atoms with Gasteiger partial charge in [0, 0.05) is 44.7 Å². The van der Waals surface area contributed by atoms with E-state index in [1.807, 2.05) is 47.9 Å². The quantitative estimate of drug-likeness (QED) is 0.503. The number of fused-ring (bicyclic) bond motifs is 2. The molecule has 4 rings (SSSR count). The number of nitrogens with zero attached hydrogens (tertiary/aromatic N) is 2. The zero-order chi connectivity index (χ0) is 25.7. The molecule has 6 nitrogen and oxygen atoms in total. The van der Waals surface area contributed by atoms with E-state index in [0.29, 0.717) is 43.6 Å². The van der Waals surface area contributed by atoms with Crippen molar-refractivity contribution >= 4 is 29.0 Å². The fourth-order valence-corrected chi connectivity index (χ4v) is 5.39. The van der Waals surface area contributed by atoms with Crippen LogP contribution in [0, 0.1) is 0 Å². The first-order valence-corrected chi connectivity index (χ1v) is 13.3. The number of nitrogens with one attached hydrogen (secondary N) is 1. The molecule has 2 aliphatic rings. The van der Waals surface area contributed by atoms with Crippen LogP contribution in [0.25, 0.3) is 5.57 Å². The van der Waals surface area contributed by atoms with Crippen molar-refractivity contribution in [1.82, 2.24) is 15.1 Å². The van der Waals surface area contributed by atoms with Crippen LogP contribution >= 0.6 is 11.6 Å². The SMILES string of the molecule is CCN(CC)C(=O)C1=C(c2ccc(CCCOc3ccccc3Cl)cc2)CC2CN(C(C)=O)C[C@H]1N2. The Morgan fingerprint density at radius 3 is 2.47 bits per heavy atom. The van der Waals surface area contributed by atoms with Gasteiger partial charge in [0.25, 0.3) is 5.91 Å². The summed E-state index contributed by atoms with van der Waals surface area (Å²) in [6, 6.07) is 16.1. The minimum Gasteiger partial charge on any atom is -0.492 e. The summed E-state index contributed by atoms with van der Waals surface area (Å²) in [5.74, 6) is 0.844. The lowest BCUT2D eigenvalue weighted by Crippen LogP contribution is -2.61. The van der Waals surface area contributed by atoms with Gasteiger partial charge in [0.15, 0.2) is 0 Å². The highest BCUT2D eigenvalue weighted by molar-refractivity contribution is 6.32. The summed E-state index contributed by atoms with van der Waals surface area (Å²) >= 11 is 6.16. The van der Waals surface area contributed by atoms with Crippen LogP contribution in [0.1, 0.15) is 44.7 Å². The molecular formula is C29H36ClN3O3. The molecule has 1 N–H and O–H groups in total. The molecular weight excluding hydrogens is 474 g/mol. The Hall–Kier alpha value is -2.83. The highest BCUT2D eigenvalue weighted by atomic mass is 35.5. The van der Waals surface area contributed by atoms with Gasteiger partial charge in [0.05, 0.1) is 17.7 Å². The van der Waals surface area contributed by atoms with Gasteiger partial charge >= 0.3 is 0 Å². The Labute approximate surface area is 219 Å². The number of hydrogen-bond acceptors (Lipinski definition) is 4. The van der Waals surface area contributed by atoms with Crippen molar-refractivity contribution in [2.24, 2.45) is 0 Å². The normalized spacial score (nSPS) is 19.3. The van der Waals surface area contributed by atoms with Gasteiger partial charge in [-0.05, 0) is 61.9 Å². The van der Waals surface area contributed by atoms with E-state index in [1.165, 1.54) is 5.56 Å². The maximum Gasteiger partial charge on any atom is 0.251 e. The van der Waals surface area contributed by atoms with E-state index >= 15 is 0 Å². The van der Waals surface area contributed by atoms with Gasteiger partial charge in [-0.1, -0.05) is 48.0 Å². The second-order valence-corrected chi connectivity index (χ2v) is 9.90. The Morgan fingerprint density at radius 1 is 1.08 bits per heavy atom. The van der Waals surface area contributed by atoms with Crippen LogP contribution in [0.15, 0.2) is 54.1 Å². The van der Waals surface area contributed by atoms with E-state index in [9.17, 15) is 9.59 Å². The van der Waals surface area contributed by atoms with Crippen molar-refractivity contribution in [3.05, 3.63) is 70.3 Å². The first-order chi connectivity index (χ1) is 17.4. The van der Waals surface area contributed by atoms with Crippen molar-refractivity contribution in [3.8, 4) is 5.75 Å². The molecule has 2 aromatic carbocycles. The number of carbonyl (C=O) groups excluding carboxylic acids is 2. The number of para-hydroxylation sites is 1. The van der Waals surface area contributed by atoms with E-state index in [-0.39, 0.29) is 23.9 Å². The van der Waals surface area contributed by atoms with Gasteiger partial charge in [0.1, 0.15) is 5.75 Å². The first kappa shape index (κ1) is 26.2. The number of carbonyl (C=O) groups is 2. The topological polar surface area (TPSA) is 61.9 Å². The Morgan fingerprint density at radius 2 is 1.81 bits per heavy atom. The number of hydrogen-bond donors (Lipinski definition) is 1. The monoisotopic (exact) mass is 509 g/mol. The van der Waals surface area contributed by atoms with Gasteiger partial charge in [-0.2, -0.15) is 0 Å². The van der Waals surface area contributed by atoms with E-state index in [0.717, 1.165) is 36.0 Å². The molecule has 7 heteroatoms. The molecule has 0 radical (unpaired) electrons. The van der Waals surface area contributed by atoms with Crippen LogP contribution in [0.5, 0.6) is 5.75 Å². The number of aryl methyl sites for hydroxylation is 1. The highest BCUT2D eigenvalue weighted by Crippen LogP contribution is 2.34. The predicted octanol–water partition coefficient (Wildman–Crippen LogP) is 4.57. The Bertz CT molecular complexity index is 1110. The van der Waals surface area contributed by atoms with Crippen LogP contribution in [0.2, 0.25) is 5.02 Å². The van der Waals surface area contributed by atoms with Gasteiger partial charge in [-0.3, -0.25) is 9.59 Å². The van der Waals surface area contributed by atoms with Gasteiger partial charge in [0.2, 0.25) is 5.91 Å². The predicted molar refractivity (Wildman–Crippen MR) is 144 cm³/mol. The molecule has 0 saturated carbocycles. The lowest BCUT2D eigenvalue weighted by molar-refractivity contribution is -0.132. The lowest BCUT2D eigenvalue weighted by Gasteiger charge is -2.44. The summed E-state index contributed by atoms with van der Waals surface area (Å²) in [5.41, 5.74) is 4.24. The van der Waals surface area contributed by atoms with Crippen molar-refractivity contribution in [2.45, 2.75) is 52.1 Å². The smallest absolute Gasteiger partial charge is 0.251 e. The second-order valence-electron chi connectivity index (χ2n) is 9.49. The molecule has 2 aliphatic heterocycles. The molecule has 2 heterocycles. The van der Waals surface area contributed by atoms with Crippen LogP contribution in [0.3, 0.4) is 0 Å². The zero-order valence-electron chi connectivity index (χ0n) is 21.4. The molecule has 0 spiro atoms. The maximum atomic E-state index is 13.6. The van der Waals surface area contributed by atoms with E-state index < -0.39 is 0 Å². The van der Waals surface area contributed by atoms with Gasteiger partial charge < -0.3 is 19.9 Å². The van der Waals surface area contributed by atoms with Crippen LogP contribution in [-0.2, 0) is 16.0 Å². The number of piperazine rings is 1. The summed E-state index contributed by atoms with van der Waals surface area (Å²) < 4.78 is 5.81. The third kappa shape index (κ3) is 5.93. The standard InChI is InChI=1S/C29H36ClN3O3/c1-4-32(5-2)29(35)28-24(17-23-18-33(20(3)34)19-26(28)31-23)22-14-12-21(13-15-22)9-8-16-36-27-11-7-6-10-25(27)30/h6-7,10-15,23,26,31H,4-5,8-9,16-19H2,1-3H3/t23?,26-/m1/s1. The zero-order valence-corrected chi connectivity index (χ0v) is 22.2. The third-order valence-electron chi connectivity index (χ3n) is 7.14. The molecule has 1 unspecified atom stereocenters. The molecule has 2 atom stereocenters. The van der Waals surface area contributed by atoms with Crippen LogP contribution in [-0.4, -0.2) is 66.5 Å². The lowest BCUT2D eigenvalue weighted by atomic mass is 9.82. The maximum absolute atomic E-state index is 13.6. The molecule has 1 fully saturated rings.